The molecule has 2 rings (SSSR count). The molecule has 1 amide bonds. The summed E-state index contributed by atoms with van der Waals surface area (Å²) >= 11 is 7.53. The number of aryl methyl sites for hydroxylation is 1. The van der Waals surface area contributed by atoms with E-state index in [4.69, 9.17) is 11.6 Å². The Balaban J connectivity index is 1.84. The van der Waals surface area contributed by atoms with Crippen molar-refractivity contribution >= 4 is 28.8 Å². The van der Waals surface area contributed by atoms with Crippen LogP contribution in [0.15, 0.2) is 29.6 Å². The molecule has 1 aromatic carbocycles. The van der Waals surface area contributed by atoms with E-state index in [0.29, 0.717) is 18.1 Å². The lowest BCUT2D eigenvalue weighted by atomic mass is 10.2. The highest BCUT2D eigenvalue weighted by Gasteiger charge is 2.18. The normalized spacial score (nSPS) is 12.4. The van der Waals surface area contributed by atoms with Crippen molar-refractivity contribution in [2.75, 3.05) is 7.05 Å². The molecule has 1 N–H and O–H groups in total. The minimum absolute atomic E-state index is 0.00777. The number of carbonyl (C=O) groups excluding carboxylic acids is 1. The predicted octanol–water partition coefficient (Wildman–Crippen LogP) is 3.50. The van der Waals surface area contributed by atoms with Crippen molar-refractivity contribution in [1.29, 1.82) is 0 Å². The highest BCUT2D eigenvalue weighted by molar-refractivity contribution is 7.09. The Kier molecular flexibility index (Phi) is 6.57. The van der Waals surface area contributed by atoms with E-state index in [9.17, 15) is 4.79 Å². The first-order chi connectivity index (χ1) is 11.0. The summed E-state index contributed by atoms with van der Waals surface area (Å²) in [7, 11) is 1.94. The van der Waals surface area contributed by atoms with E-state index in [1.165, 1.54) is 0 Å². The number of nitrogens with zero attached hydrogens (tertiary/aromatic N) is 2. The summed E-state index contributed by atoms with van der Waals surface area (Å²) in [6.07, 6.45) is 0.950. The Morgan fingerprint density at radius 1 is 1.39 bits per heavy atom. The first-order valence-electron chi connectivity index (χ1n) is 7.65. The van der Waals surface area contributed by atoms with Gasteiger partial charge >= 0.3 is 0 Å². The summed E-state index contributed by atoms with van der Waals surface area (Å²) in [6.45, 7) is 5.18. The van der Waals surface area contributed by atoms with Gasteiger partial charge in [-0.15, -0.1) is 11.3 Å². The van der Waals surface area contributed by atoms with Crippen LogP contribution in [-0.4, -0.2) is 28.9 Å². The predicted molar refractivity (Wildman–Crippen MR) is 95.7 cm³/mol. The number of carbonyl (C=O) groups is 1. The molecule has 0 fully saturated rings. The van der Waals surface area contributed by atoms with E-state index in [1.54, 1.807) is 11.3 Å². The molecule has 1 aromatic heterocycles. The first-order valence-corrected chi connectivity index (χ1v) is 8.91. The molecule has 0 bridgehead atoms. The van der Waals surface area contributed by atoms with E-state index in [-0.39, 0.29) is 11.9 Å². The third-order valence-corrected chi connectivity index (χ3v) is 5.03. The Hall–Kier alpha value is -1.43. The van der Waals surface area contributed by atoms with E-state index in [2.05, 4.69) is 22.6 Å². The zero-order chi connectivity index (χ0) is 16.8. The fourth-order valence-corrected chi connectivity index (χ4v) is 2.98. The van der Waals surface area contributed by atoms with Crippen molar-refractivity contribution in [2.24, 2.45) is 0 Å². The van der Waals surface area contributed by atoms with Crippen molar-refractivity contribution in [3.05, 3.63) is 50.9 Å². The van der Waals surface area contributed by atoms with E-state index in [1.807, 2.05) is 43.1 Å². The number of hydrogen-bond donors (Lipinski definition) is 1. The van der Waals surface area contributed by atoms with Crippen LogP contribution in [0.2, 0.25) is 5.02 Å². The molecule has 0 saturated heterocycles. The van der Waals surface area contributed by atoms with Crippen molar-refractivity contribution in [3.63, 3.8) is 0 Å². The minimum Gasteiger partial charge on any atom is -0.351 e. The Bertz CT molecular complexity index is 642. The number of thiazole rings is 1. The number of nitrogens with one attached hydrogen (secondary N) is 1. The summed E-state index contributed by atoms with van der Waals surface area (Å²) in [5.74, 6) is 0.00777. The average Bonchev–Trinajstić information content (AvgIpc) is 3.00. The highest BCUT2D eigenvalue weighted by atomic mass is 35.5. The summed E-state index contributed by atoms with van der Waals surface area (Å²) < 4.78 is 0. The summed E-state index contributed by atoms with van der Waals surface area (Å²) in [6, 6.07) is 7.27. The molecule has 0 aliphatic heterocycles. The van der Waals surface area contributed by atoms with Gasteiger partial charge in [-0.3, -0.25) is 9.69 Å². The van der Waals surface area contributed by atoms with Crippen LogP contribution in [0.1, 0.15) is 30.1 Å². The summed E-state index contributed by atoms with van der Waals surface area (Å²) in [5, 5.41) is 6.85. The second-order valence-electron chi connectivity index (χ2n) is 5.52. The smallest absolute Gasteiger partial charge is 0.237 e. The molecule has 0 aliphatic carbocycles. The monoisotopic (exact) mass is 351 g/mol. The van der Waals surface area contributed by atoms with Crippen LogP contribution >= 0.6 is 22.9 Å². The van der Waals surface area contributed by atoms with E-state index in [0.717, 1.165) is 22.7 Å². The van der Waals surface area contributed by atoms with Crippen LogP contribution in [0.5, 0.6) is 0 Å². The quantitative estimate of drug-likeness (QED) is 0.830. The van der Waals surface area contributed by atoms with Gasteiger partial charge in [0.15, 0.2) is 0 Å². The Morgan fingerprint density at radius 3 is 2.70 bits per heavy atom. The SMILES string of the molecule is CCc1nc(CN(C)C(C)C(=O)NCc2ccc(Cl)cc2)cs1. The molecule has 4 nitrogen and oxygen atoms in total. The zero-order valence-corrected chi connectivity index (χ0v) is 15.2. The van der Waals surface area contributed by atoms with Crippen LogP contribution in [0.4, 0.5) is 0 Å². The van der Waals surface area contributed by atoms with Gasteiger partial charge in [0, 0.05) is 23.5 Å². The molecule has 23 heavy (non-hydrogen) atoms. The minimum atomic E-state index is -0.214. The molecule has 0 aliphatic rings. The highest BCUT2D eigenvalue weighted by Crippen LogP contribution is 2.13. The van der Waals surface area contributed by atoms with Gasteiger partial charge in [-0.1, -0.05) is 30.7 Å². The fourth-order valence-electron chi connectivity index (χ4n) is 2.12. The van der Waals surface area contributed by atoms with Gasteiger partial charge in [0.25, 0.3) is 0 Å². The van der Waals surface area contributed by atoms with E-state index >= 15 is 0 Å². The maximum atomic E-state index is 12.3. The third-order valence-electron chi connectivity index (χ3n) is 3.73. The molecule has 124 valence electrons. The molecule has 1 atom stereocenters. The lowest BCUT2D eigenvalue weighted by Crippen LogP contribution is -2.42. The lowest BCUT2D eigenvalue weighted by molar-refractivity contribution is -0.125. The van der Waals surface area contributed by atoms with Crippen molar-refractivity contribution < 1.29 is 4.79 Å². The van der Waals surface area contributed by atoms with Crippen molar-refractivity contribution in [3.8, 4) is 0 Å². The van der Waals surface area contributed by atoms with Crippen molar-refractivity contribution in [1.82, 2.24) is 15.2 Å². The molecule has 1 heterocycles. The first kappa shape index (κ1) is 17.9. The molecule has 0 spiro atoms. The largest absolute Gasteiger partial charge is 0.351 e. The van der Waals surface area contributed by atoms with Gasteiger partial charge in [-0.05, 0) is 38.1 Å². The average molecular weight is 352 g/mol. The van der Waals surface area contributed by atoms with E-state index < -0.39 is 0 Å². The van der Waals surface area contributed by atoms with Gasteiger partial charge in [0.1, 0.15) is 0 Å². The topological polar surface area (TPSA) is 45.2 Å². The molecule has 0 saturated carbocycles. The molecule has 1 unspecified atom stereocenters. The van der Waals surface area contributed by atoms with Crippen LogP contribution in [-0.2, 0) is 24.3 Å². The number of benzene rings is 1. The number of halogens is 1. The van der Waals surface area contributed by atoms with Gasteiger partial charge in [-0.25, -0.2) is 4.98 Å². The second-order valence-corrected chi connectivity index (χ2v) is 6.90. The van der Waals surface area contributed by atoms with Crippen molar-refractivity contribution in [2.45, 2.75) is 39.4 Å². The standard InChI is InChI=1S/C17H22ClN3OS/c1-4-16-20-15(11-23-16)10-21(3)12(2)17(22)19-9-13-5-7-14(18)8-6-13/h5-8,11-12H,4,9-10H2,1-3H3,(H,19,22). The van der Waals surface area contributed by atoms with Crippen LogP contribution in [0.25, 0.3) is 0 Å². The molecule has 0 radical (unpaired) electrons. The Morgan fingerprint density at radius 2 is 2.09 bits per heavy atom. The second kappa shape index (κ2) is 8.43. The number of likely N-dealkylation sites (N-methyl/N-ethyl adjacent to an activating group) is 1. The summed E-state index contributed by atoms with van der Waals surface area (Å²) in [5.41, 5.74) is 2.05. The fraction of sp³-hybridized carbons (Fsp3) is 0.412. The maximum Gasteiger partial charge on any atom is 0.237 e. The lowest BCUT2D eigenvalue weighted by Gasteiger charge is -2.23. The van der Waals surface area contributed by atoms with Gasteiger partial charge in [0.2, 0.25) is 5.91 Å². The molecule has 2 aromatic rings. The van der Waals surface area contributed by atoms with Gasteiger partial charge < -0.3 is 5.32 Å². The zero-order valence-electron chi connectivity index (χ0n) is 13.7. The van der Waals surface area contributed by atoms with Gasteiger partial charge in [-0.2, -0.15) is 0 Å². The number of amides is 1. The Labute approximate surface area is 146 Å². The number of rotatable bonds is 7. The third kappa shape index (κ3) is 5.30. The van der Waals surface area contributed by atoms with Crippen LogP contribution in [0, 0.1) is 0 Å². The maximum absolute atomic E-state index is 12.3. The van der Waals surface area contributed by atoms with Gasteiger partial charge in [0.05, 0.1) is 16.7 Å². The molecular formula is C17H22ClN3OS. The van der Waals surface area contributed by atoms with Crippen LogP contribution < -0.4 is 5.32 Å². The number of hydrogen-bond acceptors (Lipinski definition) is 4. The molecular weight excluding hydrogens is 330 g/mol. The molecule has 6 heteroatoms. The summed E-state index contributed by atoms with van der Waals surface area (Å²) in [4.78, 5) is 18.8. The van der Waals surface area contributed by atoms with Crippen LogP contribution in [0.3, 0.4) is 0 Å². The number of aromatic nitrogens is 1.